The molecule has 0 spiro atoms. The number of piperidine rings is 1. The minimum absolute atomic E-state index is 0.221. The molecule has 5 rings (SSSR count). The molecule has 0 radical (unpaired) electrons. The molecule has 1 aromatic heterocycles. The average Bonchev–Trinajstić information content (AvgIpc) is 3.57. The van der Waals surface area contributed by atoms with Crippen molar-refractivity contribution in [3.63, 3.8) is 0 Å². The second kappa shape index (κ2) is 9.32. The quantitative estimate of drug-likeness (QED) is 0.522. The van der Waals surface area contributed by atoms with Crippen LogP contribution in [-0.2, 0) is 11.2 Å². The fraction of sp³-hybridized carbons (Fsp3) is 0.429. The summed E-state index contributed by atoms with van der Waals surface area (Å²) in [5.41, 5.74) is 4.92. The van der Waals surface area contributed by atoms with Gasteiger partial charge in [-0.15, -0.1) is 0 Å². The van der Waals surface area contributed by atoms with Gasteiger partial charge in [0.05, 0.1) is 12.0 Å². The minimum Gasteiger partial charge on any atom is -0.341 e. The fourth-order valence-corrected chi connectivity index (χ4v) is 5.48. The average molecular weight is 428 g/mol. The third-order valence-electron chi connectivity index (χ3n) is 7.40. The third-order valence-corrected chi connectivity index (χ3v) is 7.40. The summed E-state index contributed by atoms with van der Waals surface area (Å²) < 4.78 is 2.10. The van der Waals surface area contributed by atoms with Gasteiger partial charge in [0, 0.05) is 42.7 Å². The molecule has 1 saturated carbocycles. The summed E-state index contributed by atoms with van der Waals surface area (Å²) in [6.45, 7) is 3.80. The molecule has 32 heavy (non-hydrogen) atoms. The van der Waals surface area contributed by atoms with Crippen LogP contribution >= 0.6 is 0 Å². The van der Waals surface area contributed by atoms with Crippen LogP contribution in [0.4, 0.5) is 0 Å². The van der Waals surface area contributed by atoms with Gasteiger partial charge in [0.1, 0.15) is 0 Å². The molecule has 2 unspecified atom stereocenters. The van der Waals surface area contributed by atoms with E-state index in [-0.39, 0.29) is 11.8 Å². The molecule has 1 amide bonds. The molecular formula is C28H33N3O. The fourth-order valence-electron chi connectivity index (χ4n) is 5.48. The van der Waals surface area contributed by atoms with Gasteiger partial charge < -0.3 is 9.47 Å². The number of hydrogen-bond acceptors (Lipinski definition) is 2. The second-order valence-corrected chi connectivity index (χ2v) is 9.49. The predicted octanol–water partition coefficient (Wildman–Crippen LogP) is 5.72. The highest BCUT2D eigenvalue weighted by molar-refractivity contribution is 5.79. The molecule has 0 bridgehead atoms. The Kier molecular flexibility index (Phi) is 6.11. The van der Waals surface area contributed by atoms with Crippen molar-refractivity contribution in [3.05, 3.63) is 83.9 Å². The largest absolute Gasteiger partial charge is 0.341 e. The number of hydrogen-bond donors (Lipinski definition) is 0. The Morgan fingerprint density at radius 2 is 1.69 bits per heavy atom. The van der Waals surface area contributed by atoms with Crippen LogP contribution in [0.2, 0.25) is 0 Å². The molecular weight excluding hydrogens is 394 g/mol. The summed E-state index contributed by atoms with van der Waals surface area (Å²) in [6.07, 6.45) is 10.6. The molecule has 4 nitrogen and oxygen atoms in total. The van der Waals surface area contributed by atoms with Crippen LogP contribution in [0.1, 0.15) is 67.7 Å². The predicted molar refractivity (Wildman–Crippen MR) is 128 cm³/mol. The summed E-state index contributed by atoms with van der Waals surface area (Å²) >= 11 is 0. The molecule has 1 saturated heterocycles. The van der Waals surface area contributed by atoms with Crippen LogP contribution in [-0.4, -0.2) is 33.4 Å². The normalized spacial score (nSPS) is 21.7. The molecule has 0 N–H and O–H groups in total. The zero-order chi connectivity index (χ0) is 21.9. The highest BCUT2D eigenvalue weighted by Crippen LogP contribution is 2.37. The summed E-state index contributed by atoms with van der Waals surface area (Å²) in [5.74, 6) is 1.20. The maximum absolute atomic E-state index is 13.4. The van der Waals surface area contributed by atoms with Gasteiger partial charge in [0.25, 0.3) is 0 Å². The number of benzene rings is 2. The summed E-state index contributed by atoms with van der Waals surface area (Å²) in [4.78, 5) is 20.3. The lowest BCUT2D eigenvalue weighted by molar-refractivity contribution is -0.137. The minimum atomic E-state index is 0.221. The van der Waals surface area contributed by atoms with Crippen molar-refractivity contribution in [2.24, 2.45) is 5.92 Å². The van der Waals surface area contributed by atoms with Crippen LogP contribution in [0, 0.1) is 5.92 Å². The van der Waals surface area contributed by atoms with Crippen molar-refractivity contribution < 1.29 is 4.79 Å². The second-order valence-electron chi connectivity index (χ2n) is 9.49. The van der Waals surface area contributed by atoms with Crippen LogP contribution in [0.15, 0.2) is 67.1 Å². The lowest BCUT2D eigenvalue weighted by Crippen LogP contribution is -2.44. The molecule has 3 aromatic rings. The van der Waals surface area contributed by atoms with E-state index < -0.39 is 0 Å². The van der Waals surface area contributed by atoms with E-state index in [4.69, 9.17) is 4.98 Å². The van der Waals surface area contributed by atoms with Crippen molar-refractivity contribution in [3.8, 4) is 5.69 Å². The lowest BCUT2D eigenvalue weighted by atomic mass is 9.82. The van der Waals surface area contributed by atoms with Gasteiger partial charge >= 0.3 is 0 Å². The number of nitrogens with zero attached hydrogens (tertiary/aromatic N) is 3. The molecule has 2 fully saturated rings. The molecule has 2 heterocycles. The lowest BCUT2D eigenvalue weighted by Gasteiger charge is -2.39. The highest BCUT2D eigenvalue weighted by atomic mass is 16.2. The Hall–Kier alpha value is -2.88. The molecule has 1 aliphatic heterocycles. The molecule has 2 aromatic carbocycles. The summed E-state index contributed by atoms with van der Waals surface area (Å²) in [6, 6.07) is 19.4. The van der Waals surface area contributed by atoms with Gasteiger partial charge in [-0.3, -0.25) is 4.79 Å². The van der Waals surface area contributed by atoms with Gasteiger partial charge in [-0.25, -0.2) is 4.98 Å². The molecule has 1 aliphatic carbocycles. The number of rotatable bonds is 5. The zero-order valence-corrected chi connectivity index (χ0v) is 19.0. The van der Waals surface area contributed by atoms with E-state index in [1.165, 1.54) is 24.0 Å². The molecule has 2 atom stereocenters. The Morgan fingerprint density at radius 1 is 0.969 bits per heavy atom. The molecule has 2 aliphatic rings. The number of carbonyl (C=O) groups excluding carboxylic acids is 1. The van der Waals surface area contributed by atoms with E-state index >= 15 is 0 Å². The van der Waals surface area contributed by atoms with E-state index in [1.54, 1.807) is 0 Å². The first-order valence-electron chi connectivity index (χ1n) is 12.2. The smallest absolute Gasteiger partial charge is 0.225 e. The third kappa shape index (κ3) is 4.36. The first kappa shape index (κ1) is 21.0. The summed E-state index contributed by atoms with van der Waals surface area (Å²) in [5, 5.41) is 0. The van der Waals surface area contributed by atoms with Gasteiger partial charge in [-0.2, -0.15) is 0 Å². The molecule has 166 valence electrons. The van der Waals surface area contributed by atoms with E-state index in [1.807, 2.05) is 24.5 Å². The van der Waals surface area contributed by atoms with Crippen molar-refractivity contribution >= 4 is 5.91 Å². The van der Waals surface area contributed by atoms with Crippen molar-refractivity contribution in [2.45, 2.75) is 57.3 Å². The number of likely N-dealkylation sites (tertiary alicyclic amines) is 1. The number of para-hydroxylation sites is 1. The van der Waals surface area contributed by atoms with Gasteiger partial charge in [0.15, 0.2) is 0 Å². The van der Waals surface area contributed by atoms with Crippen LogP contribution in [0.5, 0.6) is 0 Å². The van der Waals surface area contributed by atoms with E-state index in [9.17, 15) is 4.79 Å². The first-order chi connectivity index (χ1) is 15.7. The SMILES string of the molecule is CCc1ccc(C2CC(c3cn(-c4ccccc4)cn3)CN(C(=O)C3CCCC3)C2)cc1. The van der Waals surface area contributed by atoms with Crippen molar-refractivity contribution in [2.75, 3.05) is 13.1 Å². The van der Waals surface area contributed by atoms with Gasteiger partial charge in [-0.05, 0) is 48.9 Å². The number of aryl methyl sites for hydroxylation is 1. The Bertz CT molecular complexity index is 1030. The Morgan fingerprint density at radius 3 is 2.41 bits per heavy atom. The Labute approximate surface area is 191 Å². The van der Waals surface area contributed by atoms with Crippen LogP contribution in [0.3, 0.4) is 0 Å². The Balaban J connectivity index is 1.41. The van der Waals surface area contributed by atoms with E-state index in [2.05, 4.69) is 59.0 Å². The topological polar surface area (TPSA) is 38.1 Å². The first-order valence-corrected chi connectivity index (χ1v) is 12.2. The number of imidazole rings is 1. The van der Waals surface area contributed by atoms with Gasteiger partial charge in [-0.1, -0.05) is 62.2 Å². The number of carbonyl (C=O) groups is 1. The monoisotopic (exact) mass is 427 g/mol. The van der Waals surface area contributed by atoms with E-state index in [0.717, 1.165) is 50.2 Å². The van der Waals surface area contributed by atoms with Crippen molar-refractivity contribution in [1.82, 2.24) is 14.5 Å². The standard InChI is InChI=1S/C28H33N3O/c1-2-21-12-14-22(15-13-21)24-16-25(18-30(17-24)28(32)23-8-6-7-9-23)27-19-31(20-29-27)26-10-4-3-5-11-26/h3-5,10-15,19-20,23-25H,2,6-9,16-18H2,1H3. The maximum atomic E-state index is 13.4. The van der Waals surface area contributed by atoms with Gasteiger partial charge in [0.2, 0.25) is 5.91 Å². The highest BCUT2D eigenvalue weighted by Gasteiger charge is 2.36. The summed E-state index contributed by atoms with van der Waals surface area (Å²) in [7, 11) is 0. The van der Waals surface area contributed by atoms with Crippen LogP contribution < -0.4 is 0 Å². The number of amides is 1. The van der Waals surface area contributed by atoms with Crippen LogP contribution in [0.25, 0.3) is 5.69 Å². The van der Waals surface area contributed by atoms with E-state index in [0.29, 0.717) is 11.8 Å². The van der Waals surface area contributed by atoms with Crippen molar-refractivity contribution in [1.29, 1.82) is 0 Å². The molecule has 4 heteroatoms. The number of aromatic nitrogens is 2. The maximum Gasteiger partial charge on any atom is 0.225 e. The zero-order valence-electron chi connectivity index (χ0n) is 19.0.